The summed E-state index contributed by atoms with van der Waals surface area (Å²) in [6.07, 6.45) is 4.67. The number of aliphatic hydroxyl groups excluding tert-OH is 1. The van der Waals surface area contributed by atoms with Gasteiger partial charge in [0.2, 0.25) is 0 Å². The van der Waals surface area contributed by atoms with Crippen molar-refractivity contribution in [3.63, 3.8) is 0 Å². The molecule has 6 nitrogen and oxygen atoms in total. The molecule has 176 valence electrons. The Morgan fingerprint density at radius 3 is 2.88 bits per heavy atom. The van der Waals surface area contributed by atoms with Gasteiger partial charge in [-0.2, -0.15) is 8.78 Å². The van der Waals surface area contributed by atoms with Gasteiger partial charge in [-0.1, -0.05) is 18.2 Å². The minimum Gasteiger partial charge on any atom is -0.492 e. The number of fused-ring (bicyclic) bond motifs is 4. The molecule has 3 aromatic rings. The van der Waals surface area contributed by atoms with Gasteiger partial charge >= 0.3 is 5.92 Å². The fraction of sp³-hybridized carbons (Fsp3) is 0.385. The molecule has 2 aliphatic heterocycles. The molecule has 6 rings (SSSR count). The summed E-state index contributed by atoms with van der Waals surface area (Å²) >= 11 is 0. The quantitative estimate of drug-likeness (QED) is 0.571. The van der Waals surface area contributed by atoms with Crippen LogP contribution < -0.4 is 14.8 Å². The second kappa shape index (κ2) is 7.91. The van der Waals surface area contributed by atoms with Crippen molar-refractivity contribution in [2.45, 2.75) is 51.2 Å². The van der Waals surface area contributed by atoms with Gasteiger partial charge < -0.3 is 19.9 Å². The third-order valence-corrected chi connectivity index (χ3v) is 6.81. The average Bonchev–Trinajstić information content (AvgIpc) is 3.43. The number of rotatable bonds is 4. The summed E-state index contributed by atoms with van der Waals surface area (Å²) < 4.78 is 39.6. The van der Waals surface area contributed by atoms with Crippen molar-refractivity contribution in [2.24, 2.45) is 0 Å². The van der Waals surface area contributed by atoms with Crippen molar-refractivity contribution in [1.82, 2.24) is 9.97 Å². The second-order valence-electron chi connectivity index (χ2n) is 9.14. The van der Waals surface area contributed by atoms with E-state index in [2.05, 4.69) is 22.4 Å². The highest BCUT2D eigenvalue weighted by molar-refractivity contribution is 5.97. The summed E-state index contributed by atoms with van der Waals surface area (Å²) in [7, 11) is 0. The fourth-order valence-electron chi connectivity index (χ4n) is 5.12. The SMILES string of the molecule is Cc1nc(NCc2cccc3c2OCC3(F)F)c2cc(C3=CCC(O)CC3)c3c(c2n1)CCO3. The van der Waals surface area contributed by atoms with Crippen LogP contribution in [-0.4, -0.2) is 34.4 Å². The Labute approximate surface area is 195 Å². The maximum atomic E-state index is 14.1. The van der Waals surface area contributed by atoms with Crippen molar-refractivity contribution < 1.29 is 23.4 Å². The zero-order chi connectivity index (χ0) is 23.4. The molecule has 0 fully saturated rings. The van der Waals surface area contributed by atoms with Gasteiger partial charge in [0.25, 0.3) is 0 Å². The van der Waals surface area contributed by atoms with E-state index in [0.717, 1.165) is 52.6 Å². The highest BCUT2D eigenvalue weighted by atomic mass is 19.3. The van der Waals surface area contributed by atoms with Crippen LogP contribution in [0.3, 0.4) is 0 Å². The number of aliphatic hydroxyl groups is 1. The molecule has 0 saturated heterocycles. The number of hydrogen-bond donors (Lipinski definition) is 2. The van der Waals surface area contributed by atoms with Crippen molar-refractivity contribution in [3.8, 4) is 11.5 Å². The summed E-state index contributed by atoms with van der Waals surface area (Å²) in [5.74, 6) is -0.581. The van der Waals surface area contributed by atoms with E-state index in [1.807, 2.05) is 6.92 Å². The van der Waals surface area contributed by atoms with Crippen LogP contribution in [0.25, 0.3) is 16.5 Å². The van der Waals surface area contributed by atoms with Crippen LogP contribution in [0.4, 0.5) is 14.6 Å². The van der Waals surface area contributed by atoms with Crippen LogP contribution in [0.15, 0.2) is 30.3 Å². The standard InChI is InChI=1S/C26H25F2N3O3/c1-14-30-22-18-9-10-33-24(18)19(15-5-7-17(32)8-6-15)11-20(22)25(31-14)29-12-16-3-2-4-21-23(16)34-13-26(21,27)28/h2-5,11,17,32H,6-10,12-13H2,1H3,(H,29,30,31). The Balaban J connectivity index is 1.42. The monoisotopic (exact) mass is 465 g/mol. The second-order valence-corrected chi connectivity index (χ2v) is 9.14. The predicted molar refractivity (Wildman–Crippen MR) is 124 cm³/mol. The van der Waals surface area contributed by atoms with Gasteiger partial charge in [0.15, 0.2) is 6.61 Å². The van der Waals surface area contributed by atoms with E-state index in [1.54, 1.807) is 12.1 Å². The maximum absolute atomic E-state index is 14.1. The van der Waals surface area contributed by atoms with E-state index in [9.17, 15) is 13.9 Å². The maximum Gasteiger partial charge on any atom is 0.310 e. The van der Waals surface area contributed by atoms with Crippen LogP contribution in [-0.2, 0) is 18.9 Å². The van der Waals surface area contributed by atoms with Crippen LogP contribution in [0.5, 0.6) is 11.5 Å². The lowest BCUT2D eigenvalue weighted by molar-refractivity contribution is -0.0214. The van der Waals surface area contributed by atoms with Gasteiger partial charge in [0, 0.05) is 35.0 Å². The number of anilines is 1. The highest BCUT2D eigenvalue weighted by Crippen LogP contribution is 2.45. The Morgan fingerprint density at radius 2 is 2.06 bits per heavy atom. The largest absolute Gasteiger partial charge is 0.492 e. The number of para-hydroxylation sites is 1. The van der Waals surface area contributed by atoms with E-state index in [4.69, 9.17) is 14.5 Å². The molecule has 1 aliphatic carbocycles. The lowest BCUT2D eigenvalue weighted by Gasteiger charge is -2.21. The van der Waals surface area contributed by atoms with Crippen LogP contribution in [0.1, 0.15) is 47.3 Å². The number of hydrogen-bond acceptors (Lipinski definition) is 6. The molecule has 0 amide bonds. The molecule has 0 bridgehead atoms. The first kappa shape index (κ1) is 21.3. The minimum absolute atomic E-state index is 0.0702. The molecule has 3 heterocycles. The molecule has 1 atom stereocenters. The Morgan fingerprint density at radius 1 is 1.18 bits per heavy atom. The van der Waals surface area contributed by atoms with Crippen LogP contribution in [0.2, 0.25) is 0 Å². The number of allylic oxidation sites excluding steroid dienone is 1. The van der Waals surface area contributed by atoms with Crippen molar-refractivity contribution >= 4 is 22.3 Å². The van der Waals surface area contributed by atoms with Gasteiger partial charge in [0.05, 0.1) is 23.8 Å². The number of aryl methyl sites for hydroxylation is 1. The number of nitrogens with one attached hydrogen (secondary N) is 1. The third-order valence-electron chi connectivity index (χ3n) is 6.81. The molecule has 1 unspecified atom stereocenters. The zero-order valence-corrected chi connectivity index (χ0v) is 18.8. The number of ether oxygens (including phenoxy) is 2. The number of benzene rings is 2. The van der Waals surface area contributed by atoms with Gasteiger partial charge in [-0.15, -0.1) is 0 Å². The van der Waals surface area contributed by atoms with E-state index < -0.39 is 12.5 Å². The van der Waals surface area contributed by atoms with Crippen molar-refractivity contribution in [2.75, 3.05) is 18.5 Å². The normalized spacial score (nSPS) is 20.4. The first-order chi connectivity index (χ1) is 16.4. The number of nitrogens with zero attached hydrogens (tertiary/aromatic N) is 2. The van der Waals surface area contributed by atoms with Gasteiger partial charge in [0.1, 0.15) is 23.1 Å². The molecule has 3 aliphatic rings. The third kappa shape index (κ3) is 3.48. The molecule has 2 aromatic carbocycles. The molecule has 2 N–H and O–H groups in total. The number of halogens is 2. The molecule has 0 radical (unpaired) electrons. The Kier molecular flexibility index (Phi) is 4.95. The topological polar surface area (TPSA) is 76.5 Å². The van der Waals surface area contributed by atoms with E-state index >= 15 is 0 Å². The van der Waals surface area contributed by atoms with Crippen LogP contribution >= 0.6 is 0 Å². The molecule has 8 heteroatoms. The van der Waals surface area contributed by atoms with Crippen molar-refractivity contribution in [3.05, 3.63) is 58.4 Å². The van der Waals surface area contributed by atoms with Crippen LogP contribution in [0, 0.1) is 6.92 Å². The summed E-state index contributed by atoms with van der Waals surface area (Å²) in [4.78, 5) is 9.37. The Bertz CT molecular complexity index is 1340. The molecule has 34 heavy (non-hydrogen) atoms. The highest BCUT2D eigenvalue weighted by Gasteiger charge is 2.42. The fourth-order valence-corrected chi connectivity index (χ4v) is 5.12. The van der Waals surface area contributed by atoms with Gasteiger partial charge in [-0.3, -0.25) is 0 Å². The molecular weight excluding hydrogens is 440 g/mol. The predicted octanol–water partition coefficient (Wildman–Crippen LogP) is 4.90. The Hall–Kier alpha value is -3.26. The molecule has 0 spiro atoms. The lowest BCUT2D eigenvalue weighted by Crippen LogP contribution is -2.14. The number of alkyl halides is 2. The summed E-state index contributed by atoms with van der Waals surface area (Å²) in [5.41, 5.74) is 4.69. The summed E-state index contributed by atoms with van der Waals surface area (Å²) in [6.45, 7) is 2.11. The lowest BCUT2D eigenvalue weighted by atomic mass is 9.89. The summed E-state index contributed by atoms with van der Waals surface area (Å²) in [5, 5.41) is 14.2. The minimum atomic E-state index is -2.97. The molecule has 0 saturated carbocycles. The first-order valence-corrected chi connectivity index (χ1v) is 11.6. The van der Waals surface area contributed by atoms with E-state index in [-0.39, 0.29) is 17.4 Å². The number of aromatic nitrogens is 2. The average molecular weight is 466 g/mol. The molecule has 1 aromatic heterocycles. The van der Waals surface area contributed by atoms with E-state index in [1.165, 1.54) is 6.07 Å². The molecular formula is C26H25F2N3O3. The van der Waals surface area contributed by atoms with Crippen molar-refractivity contribution in [1.29, 1.82) is 0 Å². The van der Waals surface area contributed by atoms with Gasteiger partial charge in [-0.25, -0.2) is 9.97 Å². The zero-order valence-electron chi connectivity index (χ0n) is 18.8. The van der Waals surface area contributed by atoms with E-state index in [0.29, 0.717) is 36.8 Å². The first-order valence-electron chi connectivity index (χ1n) is 11.6. The summed E-state index contributed by atoms with van der Waals surface area (Å²) in [6, 6.07) is 6.90. The smallest absolute Gasteiger partial charge is 0.310 e. The van der Waals surface area contributed by atoms with Gasteiger partial charge in [-0.05, 0) is 43.9 Å².